The topological polar surface area (TPSA) is 37.0 Å². The molecule has 1 aliphatic rings. The number of aryl methyl sites for hydroxylation is 2. The van der Waals surface area contributed by atoms with Gasteiger partial charge in [0, 0.05) is 30.6 Å². The molecule has 0 aromatic carbocycles. The van der Waals surface area contributed by atoms with Crippen molar-refractivity contribution >= 4 is 11.3 Å². The Labute approximate surface area is 95.3 Å². The molecular formula is C11H19N3S. The molecule has 0 bridgehead atoms. The van der Waals surface area contributed by atoms with Gasteiger partial charge in [0.2, 0.25) is 0 Å². The van der Waals surface area contributed by atoms with Crippen molar-refractivity contribution in [3.05, 3.63) is 15.6 Å². The average Bonchev–Trinajstić information content (AvgIpc) is 2.94. The van der Waals surface area contributed by atoms with Crippen LogP contribution in [0.2, 0.25) is 0 Å². The summed E-state index contributed by atoms with van der Waals surface area (Å²) in [5, 5.41) is 8.10. The van der Waals surface area contributed by atoms with Crippen molar-refractivity contribution < 1.29 is 0 Å². The van der Waals surface area contributed by atoms with Gasteiger partial charge in [-0.2, -0.15) is 0 Å². The van der Waals surface area contributed by atoms with Gasteiger partial charge in [-0.15, -0.1) is 11.3 Å². The first-order valence-corrected chi connectivity index (χ1v) is 6.44. The Hall–Kier alpha value is -0.450. The van der Waals surface area contributed by atoms with Crippen molar-refractivity contribution in [3.63, 3.8) is 0 Å². The highest BCUT2D eigenvalue weighted by Crippen LogP contribution is 2.18. The van der Waals surface area contributed by atoms with Gasteiger partial charge in [-0.05, 0) is 26.7 Å². The molecule has 0 amide bonds. The molecule has 2 N–H and O–H groups in total. The van der Waals surface area contributed by atoms with Gasteiger partial charge in [-0.25, -0.2) is 4.98 Å². The lowest BCUT2D eigenvalue weighted by Crippen LogP contribution is -2.28. The van der Waals surface area contributed by atoms with Crippen LogP contribution in [0, 0.1) is 13.8 Å². The van der Waals surface area contributed by atoms with Crippen molar-refractivity contribution in [2.24, 2.45) is 0 Å². The highest BCUT2D eigenvalue weighted by molar-refractivity contribution is 7.11. The summed E-state index contributed by atoms with van der Waals surface area (Å²) in [5.74, 6) is 0. The molecular weight excluding hydrogens is 206 g/mol. The first-order chi connectivity index (χ1) is 7.25. The van der Waals surface area contributed by atoms with Gasteiger partial charge in [0.05, 0.1) is 10.7 Å². The minimum atomic E-state index is 0.819. The Morgan fingerprint density at radius 3 is 2.73 bits per heavy atom. The lowest BCUT2D eigenvalue weighted by atomic mass is 10.4. The van der Waals surface area contributed by atoms with Gasteiger partial charge >= 0.3 is 0 Å². The minimum Gasteiger partial charge on any atom is -0.313 e. The van der Waals surface area contributed by atoms with Crippen molar-refractivity contribution in [1.29, 1.82) is 0 Å². The quantitative estimate of drug-likeness (QED) is 0.722. The zero-order valence-electron chi connectivity index (χ0n) is 9.47. The second-order valence-electron chi connectivity index (χ2n) is 4.15. The van der Waals surface area contributed by atoms with E-state index >= 15 is 0 Å². The molecule has 1 aromatic heterocycles. The summed E-state index contributed by atoms with van der Waals surface area (Å²) >= 11 is 1.80. The third-order valence-electron chi connectivity index (χ3n) is 2.60. The molecule has 2 rings (SSSR count). The number of hydrogen-bond acceptors (Lipinski definition) is 4. The highest BCUT2D eigenvalue weighted by Gasteiger charge is 2.19. The van der Waals surface area contributed by atoms with E-state index in [0.717, 1.165) is 25.7 Å². The fraction of sp³-hybridized carbons (Fsp3) is 0.727. The van der Waals surface area contributed by atoms with E-state index in [0.29, 0.717) is 0 Å². The molecule has 0 radical (unpaired) electrons. The number of hydrogen-bond donors (Lipinski definition) is 2. The molecule has 0 spiro atoms. The molecule has 0 unspecified atom stereocenters. The van der Waals surface area contributed by atoms with E-state index in [1.54, 1.807) is 11.3 Å². The fourth-order valence-corrected chi connectivity index (χ4v) is 2.50. The summed E-state index contributed by atoms with van der Waals surface area (Å²) in [6.45, 7) is 7.25. The monoisotopic (exact) mass is 225 g/mol. The summed E-state index contributed by atoms with van der Waals surface area (Å²) in [6.07, 6.45) is 2.74. The maximum absolute atomic E-state index is 4.41. The zero-order valence-corrected chi connectivity index (χ0v) is 10.3. The van der Waals surface area contributed by atoms with Gasteiger partial charge in [0.1, 0.15) is 0 Å². The molecule has 1 saturated carbocycles. The maximum Gasteiger partial charge on any atom is 0.0900 e. The third-order valence-corrected chi connectivity index (χ3v) is 3.67. The molecule has 84 valence electrons. The molecule has 4 heteroatoms. The predicted octanol–water partition coefficient (Wildman–Crippen LogP) is 1.60. The average molecular weight is 225 g/mol. The number of aromatic nitrogens is 1. The van der Waals surface area contributed by atoms with E-state index in [2.05, 4.69) is 29.5 Å². The normalized spacial score (nSPS) is 15.9. The Morgan fingerprint density at radius 1 is 1.33 bits per heavy atom. The summed E-state index contributed by atoms with van der Waals surface area (Å²) < 4.78 is 0. The Kier molecular flexibility index (Phi) is 3.72. The summed E-state index contributed by atoms with van der Waals surface area (Å²) in [5.41, 5.74) is 1.18. The fourth-order valence-electron chi connectivity index (χ4n) is 1.59. The second-order valence-corrected chi connectivity index (χ2v) is 5.43. The summed E-state index contributed by atoms with van der Waals surface area (Å²) in [4.78, 5) is 5.79. The molecule has 1 aliphatic carbocycles. The van der Waals surface area contributed by atoms with Crippen LogP contribution in [-0.4, -0.2) is 24.1 Å². The summed E-state index contributed by atoms with van der Waals surface area (Å²) in [7, 11) is 0. The number of thiazole rings is 1. The predicted molar refractivity (Wildman–Crippen MR) is 64.3 cm³/mol. The Bertz CT molecular complexity index is 318. The molecule has 1 heterocycles. The van der Waals surface area contributed by atoms with Gasteiger partial charge in [0.15, 0.2) is 0 Å². The van der Waals surface area contributed by atoms with Crippen LogP contribution < -0.4 is 10.6 Å². The highest BCUT2D eigenvalue weighted by atomic mass is 32.1. The van der Waals surface area contributed by atoms with Gasteiger partial charge in [-0.1, -0.05) is 0 Å². The number of nitrogens with one attached hydrogen (secondary N) is 2. The molecule has 3 nitrogen and oxygen atoms in total. The van der Waals surface area contributed by atoms with Crippen molar-refractivity contribution in [2.45, 2.75) is 39.3 Å². The summed E-state index contributed by atoms with van der Waals surface area (Å²) in [6, 6.07) is 0.819. The van der Waals surface area contributed by atoms with E-state index in [1.165, 1.54) is 28.4 Å². The van der Waals surface area contributed by atoms with Crippen LogP contribution >= 0.6 is 11.3 Å². The van der Waals surface area contributed by atoms with E-state index in [9.17, 15) is 0 Å². The lowest BCUT2D eigenvalue weighted by Gasteiger charge is -2.04. The molecule has 0 aliphatic heterocycles. The molecule has 15 heavy (non-hydrogen) atoms. The van der Waals surface area contributed by atoms with E-state index in [4.69, 9.17) is 0 Å². The number of nitrogens with zero attached hydrogens (tertiary/aromatic N) is 1. The second kappa shape index (κ2) is 5.05. The minimum absolute atomic E-state index is 0.819. The molecule has 1 aromatic rings. The van der Waals surface area contributed by atoms with Gasteiger partial charge < -0.3 is 10.6 Å². The first-order valence-electron chi connectivity index (χ1n) is 5.62. The van der Waals surface area contributed by atoms with Gasteiger partial charge in [0.25, 0.3) is 0 Å². The number of rotatable bonds is 6. The maximum atomic E-state index is 4.41. The van der Waals surface area contributed by atoms with Gasteiger partial charge in [-0.3, -0.25) is 0 Å². The van der Waals surface area contributed by atoms with Crippen molar-refractivity contribution in [3.8, 4) is 0 Å². The molecule has 1 fully saturated rings. The van der Waals surface area contributed by atoms with E-state index in [1.807, 2.05) is 0 Å². The van der Waals surface area contributed by atoms with Crippen LogP contribution in [0.4, 0.5) is 0 Å². The Morgan fingerprint density at radius 2 is 2.13 bits per heavy atom. The van der Waals surface area contributed by atoms with E-state index in [-0.39, 0.29) is 0 Å². The van der Waals surface area contributed by atoms with Crippen LogP contribution in [0.15, 0.2) is 0 Å². The molecule has 0 atom stereocenters. The van der Waals surface area contributed by atoms with Crippen LogP contribution in [0.25, 0.3) is 0 Å². The van der Waals surface area contributed by atoms with Crippen LogP contribution in [0.3, 0.4) is 0 Å². The van der Waals surface area contributed by atoms with E-state index < -0.39 is 0 Å². The zero-order chi connectivity index (χ0) is 10.7. The smallest absolute Gasteiger partial charge is 0.0900 e. The lowest BCUT2D eigenvalue weighted by molar-refractivity contribution is 0.610. The molecule has 0 saturated heterocycles. The van der Waals surface area contributed by atoms with Crippen molar-refractivity contribution in [2.75, 3.05) is 13.1 Å². The largest absolute Gasteiger partial charge is 0.313 e. The SMILES string of the molecule is Cc1nc(C)c(CNCCNC2CC2)s1. The van der Waals surface area contributed by atoms with Crippen LogP contribution in [0.5, 0.6) is 0 Å². The van der Waals surface area contributed by atoms with Crippen LogP contribution in [0.1, 0.15) is 28.4 Å². The van der Waals surface area contributed by atoms with Crippen molar-refractivity contribution in [1.82, 2.24) is 15.6 Å². The standard InChI is InChI=1S/C11H19N3S/c1-8-11(15-9(2)14-8)7-12-5-6-13-10-3-4-10/h10,12-13H,3-7H2,1-2H3. The third kappa shape index (κ3) is 3.55. The first kappa shape index (κ1) is 11.0. The Balaban J connectivity index is 1.62. The van der Waals surface area contributed by atoms with Crippen LogP contribution in [-0.2, 0) is 6.54 Å².